The molecular weight excluding hydrogens is 408 g/mol. The second-order valence-electron chi connectivity index (χ2n) is 7.09. The molecule has 0 saturated carbocycles. The van der Waals surface area contributed by atoms with E-state index in [4.69, 9.17) is 9.47 Å². The molecule has 2 N–H and O–H groups in total. The molecule has 156 valence electrons. The minimum atomic E-state index is -3.09. The quantitative estimate of drug-likeness (QED) is 0.721. The first-order valence-corrected chi connectivity index (χ1v) is 11.2. The van der Waals surface area contributed by atoms with Crippen molar-refractivity contribution in [3.8, 4) is 11.5 Å². The van der Waals surface area contributed by atoms with Crippen molar-refractivity contribution in [2.45, 2.75) is 12.5 Å². The molecule has 2 aliphatic rings. The third-order valence-corrected chi connectivity index (χ3v) is 6.69. The highest BCUT2D eigenvalue weighted by Gasteiger charge is 2.30. The van der Waals surface area contributed by atoms with Gasteiger partial charge in [-0.25, -0.2) is 8.42 Å². The molecule has 1 atom stereocenters. The zero-order valence-corrected chi connectivity index (χ0v) is 17.0. The summed E-state index contributed by atoms with van der Waals surface area (Å²) in [5.41, 5.74) is 1.36. The van der Waals surface area contributed by atoms with Gasteiger partial charge in [0.1, 0.15) is 5.75 Å². The number of rotatable bonds is 4. The van der Waals surface area contributed by atoms with E-state index >= 15 is 0 Å². The van der Waals surface area contributed by atoms with Gasteiger partial charge in [-0.3, -0.25) is 9.59 Å². The van der Waals surface area contributed by atoms with Crippen LogP contribution in [0.5, 0.6) is 11.5 Å². The van der Waals surface area contributed by atoms with Crippen molar-refractivity contribution in [1.29, 1.82) is 0 Å². The Hall–Kier alpha value is -3.33. The minimum Gasteiger partial charge on any atom is -0.496 e. The summed E-state index contributed by atoms with van der Waals surface area (Å²) in [5.74, 6) is 0.273. The zero-order chi connectivity index (χ0) is 21.3. The number of ether oxygens (including phenoxy) is 2. The lowest BCUT2D eigenvalue weighted by Gasteiger charge is -2.21. The maximum absolute atomic E-state index is 12.5. The van der Waals surface area contributed by atoms with Crippen LogP contribution in [-0.2, 0) is 14.6 Å². The maximum Gasteiger partial charge on any atom is 0.291 e. The predicted molar refractivity (Wildman–Crippen MR) is 111 cm³/mol. The molecule has 2 aromatic rings. The number of nitrogens with one attached hydrogen (secondary N) is 2. The van der Waals surface area contributed by atoms with Crippen molar-refractivity contribution in [3.63, 3.8) is 0 Å². The van der Waals surface area contributed by atoms with E-state index in [2.05, 4.69) is 10.6 Å². The van der Waals surface area contributed by atoms with Gasteiger partial charge >= 0.3 is 0 Å². The molecule has 2 heterocycles. The number of carbonyl (C=O) groups is 2. The highest BCUT2D eigenvalue weighted by Crippen LogP contribution is 2.33. The molecule has 2 aromatic carbocycles. The second-order valence-corrected chi connectivity index (χ2v) is 9.32. The number of benzene rings is 2. The molecular formula is C21H20N2O6S. The standard InChI is InChI=1S/C21H20N2O6S/c1-28-17-5-3-2-4-13(17)11-19-21(25)23-16-10-14(6-7-18(16)29-19)20(24)22-15-8-9-30(26,27)12-15/h2-7,10-11,15H,8-9,12H2,1H3,(H,22,24)(H,23,25). The smallest absolute Gasteiger partial charge is 0.291 e. The van der Waals surface area contributed by atoms with Crippen LogP contribution >= 0.6 is 0 Å². The normalized spacial score (nSPS) is 20.8. The van der Waals surface area contributed by atoms with Crippen LogP contribution in [0.2, 0.25) is 0 Å². The molecule has 2 amide bonds. The number of amides is 2. The summed E-state index contributed by atoms with van der Waals surface area (Å²) >= 11 is 0. The molecule has 0 bridgehead atoms. The summed E-state index contributed by atoms with van der Waals surface area (Å²) in [5, 5.41) is 5.45. The van der Waals surface area contributed by atoms with Crippen LogP contribution in [0.4, 0.5) is 5.69 Å². The topological polar surface area (TPSA) is 111 Å². The molecule has 4 rings (SSSR count). The van der Waals surface area contributed by atoms with Gasteiger partial charge in [0.05, 0.1) is 24.3 Å². The molecule has 0 aromatic heterocycles. The number of sulfone groups is 1. The number of fused-ring (bicyclic) bond motifs is 1. The largest absolute Gasteiger partial charge is 0.496 e. The van der Waals surface area contributed by atoms with E-state index < -0.39 is 27.7 Å². The van der Waals surface area contributed by atoms with E-state index in [1.165, 1.54) is 6.07 Å². The van der Waals surface area contributed by atoms with Crippen molar-refractivity contribution in [3.05, 3.63) is 59.4 Å². The van der Waals surface area contributed by atoms with Gasteiger partial charge in [-0.1, -0.05) is 18.2 Å². The SMILES string of the molecule is COc1ccccc1C=C1Oc2ccc(C(=O)NC3CCS(=O)(=O)C3)cc2NC1=O. The molecule has 0 spiro atoms. The van der Waals surface area contributed by atoms with Crippen LogP contribution < -0.4 is 20.1 Å². The van der Waals surface area contributed by atoms with E-state index in [9.17, 15) is 18.0 Å². The van der Waals surface area contributed by atoms with Crippen molar-refractivity contribution < 1.29 is 27.5 Å². The summed E-state index contributed by atoms with van der Waals surface area (Å²) in [7, 11) is -1.55. The van der Waals surface area contributed by atoms with Gasteiger partial charge in [-0.05, 0) is 36.8 Å². The Morgan fingerprint density at radius 1 is 1.27 bits per heavy atom. The first-order valence-electron chi connectivity index (χ1n) is 9.34. The van der Waals surface area contributed by atoms with E-state index in [1.807, 2.05) is 12.1 Å². The summed E-state index contributed by atoms with van der Waals surface area (Å²) in [6, 6.07) is 11.5. The van der Waals surface area contributed by atoms with Crippen LogP contribution in [0.3, 0.4) is 0 Å². The number of para-hydroxylation sites is 1. The van der Waals surface area contributed by atoms with Gasteiger partial charge in [-0.15, -0.1) is 0 Å². The molecule has 1 unspecified atom stereocenters. The zero-order valence-electron chi connectivity index (χ0n) is 16.2. The van der Waals surface area contributed by atoms with Gasteiger partial charge in [0.25, 0.3) is 11.8 Å². The molecule has 1 saturated heterocycles. The minimum absolute atomic E-state index is 0.0549. The average Bonchev–Trinajstić information content (AvgIpc) is 3.06. The van der Waals surface area contributed by atoms with Crippen LogP contribution in [0.1, 0.15) is 22.3 Å². The Kier molecular flexibility index (Phi) is 5.21. The number of hydrogen-bond donors (Lipinski definition) is 2. The molecule has 30 heavy (non-hydrogen) atoms. The second kappa shape index (κ2) is 7.83. The molecule has 9 heteroatoms. The lowest BCUT2D eigenvalue weighted by Crippen LogP contribution is -2.35. The Labute approximate surface area is 173 Å². The van der Waals surface area contributed by atoms with Crippen LogP contribution in [0.15, 0.2) is 48.2 Å². The molecule has 2 aliphatic heterocycles. The lowest BCUT2D eigenvalue weighted by atomic mass is 10.1. The molecule has 1 fully saturated rings. The Morgan fingerprint density at radius 3 is 2.80 bits per heavy atom. The summed E-state index contributed by atoms with van der Waals surface area (Å²) in [6.07, 6.45) is 1.98. The predicted octanol–water partition coefficient (Wildman–Crippen LogP) is 1.98. The monoisotopic (exact) mass is 428 g/mol. The molecule has 8 nitrogen and oxygen atoms in total. The van der Waals surface area contributed by atoms with Gasteiger partial charge in [0.15, 0.2) is 21.3 Å². The van der Waals surface area contributed by atoms with Gasteiger partial charge in [0.2, 0.25) is 0 Å². The fourth-order valence-electron chi connectivity index (χ4n) is 3.41. The lowest BCUT2D eigenvalue weighted by molar-refractivity contribution is -0.115. The first-order chi connectivity index (χ1) is 14.3. The fourth-order valence-corrected chi connectivity index (χ4v) is 5.08. The molecule has 0 radical (unpaired) electrons. The Balaban J connectivity index is 1.52. The van der Waals surface area contributed by atoms with Crippen LogP contribution in [-0.4, -0.2) is 44.9 Å². The Morgan fingerprint density at radius 2 is 2.07 bits per heavy atom. The van der Waals surface area contributed by atoms with Gasteiger partial charge in [-0.2, -0.15) is 0 Å². The van der Waals surface area contributed by atoms with E-state index in [-0.39, 0.29) is 17.3 Å². The number of methoxy groups -OCH3 is 1. The first kappa shape index (κ1) is 20.0. The summed E-state index contributed by atoms with van der Waals surface area (Å²) in [4.78, 5) is 25.0. The molecule has 0 aliphatic carbocycles. The number of carbonyl (C=O) groups excluding carboxylic acids is 2. The van der Waals surface area contributed by atoms with Crippen LogP contribution in [0.25, 0.3) is 6.08 Å². The highest BCUT2D eigenvalue weighted by atomic mass is 32.2. The van der Waals surface area contributed by atoms with Crippen LogP contribution in [0, 0.1) is 0 Å². The average molecular weight is 428 g/mol. The van der Waals surface area contributed by atoms with E-state index in [1.54, 1.807) is 37.5 Å². The van der Waals surface area contributed by atoms with Gasteiger partial charge in [0, 0.05) is 17.2 Å². The fraction of sp³-hybridized carbons (Fsp3) is 0.238. The summed E-state index contributed by atoms with van der Waals surface area (Å²) < 4.78 is 34.1. The van der Waals surface area contributed by atoms with Crippen molar-refractivity contribution in [2.75, 3.05) is 23.9 Å². The van der Waals surface area contributed by atoms with Crippen molar-refractivity contribution >= 4 is 33.4 Å². The number of hydrogen-bond acceptors (Lipinski definition) is 6. The Bertz CT molecular complexity index is 1160. The number of anilines is 1. The van der Waals surface area contributed by atoms with E-state index in [0.717, 1.165) is 0 Å². The third-order valence-electron chi connectivity index (χ3n) is 4.93. The van der Waals surface area contributed by atoms with Gasteiger partial charge < -0.3 is 20.1 Å². The van der Waals surface area contributed by atoms with E-state index in [0.29, 0.717) is 34.7 Å². The summed E-state index contributed by atoms with van der Waals surface area (Å²) in [6.45, 7) is 0. The third kappa shape index (κ3) is 4.16. The van der Waals surface area contributed by atoms with Crippen molar-refractivity contribution in [2.24, 2.45) is 0 Å². The van der Waals surface area contributed by atoms with Crippen molar-refractivity contribution in [1.82, 2.24) is 5.32 Å². The maximum atomic E-state index is 12.5. The highest BCUT2D eigenvalue weighted by molar-refractivity contribution is 7.91.